The van der Waals surface area contributed by atoms with Gasteiger partial charge in [-0.05, 0) is 55.0 Å². The first-order chi connectivity index (χ1) is 15.5. The van der Waals surface area contributed by atoms with E-state index in [9.17, 15) is 9.18 Å². The summed E-state index contributed by atoms with van der Waals surface area (Å²) in [6.07, 6.45) is 0. The van der Waals surface area contributed by atoms with Crippen molar-refractivity contribution in [3.05, 3.63) is 89.7 Å². The number of hydrogen-bond acceptors (Lipinski definition) is 4. The third kappa shape index (κ3) is 5.52. The Morgan fingerprint density at radius 1 is 1.09 bits per heavy atom. The van der Waals surface area contributed by atoms with Gasteiger partial charge in [-0.3, -0.25) is 9.69 Å². The number of nitrogens with one attached hydrogen (secondary N) is 1. The van der Waals surface area contributed by atoms with E-state index in [-0.39, 0.29) is 11.7 Å². The third-order valence-electron chi connectivity index (χ3n) is 5.60. The van der Waals surface area contributed by atoms with E-state index in [1.807, 2.05) is 12.1 Å². The molecule has 1 aliphatic rings. The number of amides is 1. The molecule has 32 heavy (non-hydrogen) atoms. The number of benzene rings is 3. The number of piperazine rings is 1. The zero-order valence-electron chi connectivity index (χ0n) is 18.4. The monoisotopic (exact) mass is 433 g/mol. The molecule has 166 valence electrons. The van der Waals surface area contributed by atoms with E-state index < -0.39 is 0 Å². The number of carbonyl (C=O) groups excluding carboxylic acids is 1. The van der Waals surface area contributed by atoms with Gasteiger partial charge in [0.15, 0.2) is 0 Å². The van der Waals surface area contributed by atoms with Crippen molar-refractivity contribution in [2.75, 3.05) is 31.6 Å². The van der Waals surface area contributed by atoms with Crippen LogP contribution < -0.4 is 15.0 Å². The Kier molecular flexibility index (Phi) is 6.83. The highest BCUT2D eigenvalue weighted by Crippen LogP contribution is 2.24. The lowest BCUT2D eigenvalue weighted by atomic mass is 10.1. The van der Waals surface area contributed by atoms with E-state index in [0.29, 0.717) is 23.1 Å². The molecule has 0 aliphatic carbocycles. The second-order valence-corrected chi connectivity index (χ2v) is 8.21. The van der Waals surface area contributed by atoms with Crippen LogP contribution in [0.1, 0.15) is 22.8 Å². The van der Waals surface area contributed by atoms with Gasteiger partial charge in [-0.2, -0.15) is 0 Å². The first kappa shape index (κ1) is 22.0. The molecular formula is C26H28FN3O2. The number of halogens is 1. The molecule has 1 N–H and O–H groups in total. The normalized spacial score (nSPS) is 16.5. The van der Waals surface area contributed by atoms with Crippen molar-refractivity contribution in [2.45, 2.75) is 19.5 Å². The van der Waals surface area contributed by atoms with Gasteiger partial charge < -0.3 is 15.0 Å². The number of nitrogens with zero attached hydrogens (tertiary/aromatic N) is 2. The molecule has 1 saturated heterocycles. The topological polar surface area (TPSA) is 44.8 Å². The molecule has 1 aliphatic heterocycles. The predicted molar refractivity (Wildman–Crippen MR) is 125 cm³/mol. The summed E-state index contributed by atoms with van der Waals surface area (Å²) in [7, 11) is 1.76. The molecule has 1 fully saturated rings. The predicted octanol–water partition coefficient (Wildman–Crippen LogP) is 4.69. The molecule has 0 spiro atoms. The van der Waals surface area contributed by atoms with Crippen molar-refractivity contribution in [3.63, 3.8) is 0 Å². The van der Waals surface area contributed by atoms with Gasteiger partial charge >= 0.3 is 0 Å². The fraction of sp³-hybridized carbons (Fsp3) is 0.269. The summed E-state index contributed by atoms with van der Waals surface area (Å²) in [5, 5.41) is 3.46. The van der Waals surface area contributed by atoms with Gasteiger partial charge in [-0.25, -0.2) is 4.39 Å². The second kappa shape index (κ2) is 9.94. The first-order valence-corrected chi connectivity index (χ1v) is 10.8. The second-order valence-electron chi connectivity index (χ2n) is 8.21. The van der Waals surface area contributed by atoms with Crippen molar-refractivity contribution >= 4 is 11.6 Å². The Hall–Kier alpha value is -3.22. The summed E-state index contributed by atoms with van der Waals surface area (Å²) in [5.41, 5.74) is 2.55. The van der Waals surface area contributed by atoms with Gasteiger partial charge in [0.25, 0.3) is 5.91 Å². The fourth-order valence-corrected chi connectivity index (χ4v) is 3.91. The smallest absolute Gasteiger partial charge is 0.258 e. The van der Waals surface area contributed by atoms with Crippen molar-refractivity contribution < 1.29 is 13.9 Å². The van der Waals surface area contributed by atoms with Gasteiger partial charge in [0.05, 0.1) is 0 Å². The number of anilines is 1. The molecule has 6 heteroatoms. The summed E-state index contributed by atoms with van der Waals surface area (Å²) in [4.78, 5) is 17.1. The minimum Gasteiger partial charge on any atom is -0.457 e. The quantitative estimate of drug-likeness (QED) is 0.613. The fourth-order valence-electron chi connectivity index (χ4n) is 3.91. The van der Waals surface area contributed by atoms with E-state index in [1.165, 1.54) is 17.7 Å². The Bertz CT molecular complexity index is 1070. The maximum atomic E-state index is 13.4. The number of rotatable bonds is 6. The Morgan fingerprint density at radius 3 is 2.53 bits per heavy atom. The summed E-state index contributed by atoms with van der Waals surface area (Å²) >= 11 is 0. The van der Waals surface area contributed by atoms with Crippen LogP contribution in [-0.2, 0) is 6.54 Å². The van der Waals surface area contributed by atoms with Crippen molar-refractivity contribution in [1.29, 1.82) is 0 Å². The average Bonchev–Trinajstić information content (AvgIpc) is 2.79. The zero-order chi connectivity index (χ0) is 22.5. The molecule has 0 radical (unpaired) electrons. The number of hydrogen-bond donors (Lipinski definition) is 1. The molecule has 1 amide bonds. The molecule has 4 rings (SSSR count). The Balaban J connectivity index is 1.41. The summed E-state index contributed by atoms with van der Waals surface area (Å²) in [6, 6.07) is 21.5. The molecule has 1 heterocycles. The molecule has 0 saturated carbocycles. The van der Waals surface area contributed by atoms with Gasteiger partial charge in [0.1, 0.15) is 17.3 Å². The van der Waals surface area contributed by atoms with Crippen molar-refractivity contribution in [1.82, 2.24) is 10.2 Å². The van der Waals surface area contributed by atoms with Gasteiger partial charge in [0, 0.05) is 56.6 Å². The molecule has 1 atom stereocenters. The molecule has 0 bridgehead atoms. The summed E-state index contributed by atoms with van der Waals surface area (Å²) in [6.45, 7) is 6.20. The molecule has 5 nitrogen and oxygen atoms in total. The summed E-state index contributed by atoms with van der Waals surface area (Å²) < 4.78 is 19.1. The molecule has 3 aromatic rings. The lowest BCUT2D eigenvalue weighted by Gasteiger charge is -2.31. The minimum atomic E-state index is -0.371. The largest absolute Gasteiger partial charge is 0.457 e. The summed E-state index contributed by atoms with van der Waals surface area (Å²) in [5.74, 6) is 0.357. The van der Waals surface area contributed by atoms with Crippen LogP contribution in [0.5, 0.6) is 11.5 Å². The van der Waals surface area contributed by atoms with E-state index in [0.717, 1.165) is 31.9 Å². The molecule has 3 aromatic carbocycles. The van der Waals surface area contributed by atoms with Crippen LogP contribution in [0.25, 0.3) is 0 Å². The maximum absolute atomic E-state index is 13.4. The lowest BCUT2D eigenvalue weighted by molar-refractivity contribution is 0.0992. The van der Waals surface area contributed by atoms with Crippen LogP contribution in [0.3, 0.4) is 0 Å². The first-order valence-electron chi connectivity index (χ1n) is 10.8. The van der Waals surface area contributed by atoms with E-state index in [4.69, 9.17) is 4.74 Å². The standard InChI is InChI=1S/C26H28FN3O2/c1-19-17-30(14-13-28-19)18-20-9-11-23(12-10-20)29(2)26(31)21-5-3-7-24(15-21)32-25-8-4-6-22(27)16-25/h3-12,15-16,19,28H,13-14,17-18H2,1-2H3/t19-/m0/s1. The minimum absolute atomic E-state index is 0.140. The highest BCUT2D eigenvalue weighted by atomic mass is 19.1. The lowest BCUT2D eigenvalue weighted by Crippen LogP contribution is -2.48. The highest BCUT2D eigenvalue weighted by molar-refractivity contribution is 6.05. The number of ether oxygens (including phenoxy) is 1. The Labute approximate surface area is 188 Å². The van der Waals surface area contributed by atoms with Crippen LogP contribution in [0.15, 0.2) is 72.8 Å². The van der Waals surface area contributed by atoms with Gasteiger partial charge in [-0.15, -0.1) is 0 Å². The van der Waals surface area contributed by atoms with Gasteiger partial charge in [0.2, 0.25) is 0 Å². The van der Waals surface area contributed by atoms with Crippen LogP contribution in [-0.4, -0.2) is 43.5 Å². The molecular weight excluding hydrogens is 405 g/mol. The van der Waals surface area contributed by atoms with Crippen LogP contribution in [0, 0.1) is 5.82 Å². The number of carbonyl (C=O) groups is 1. The third-order valence-corrected chi connectivity index (χ3v) is 5.60. The van der Waals surface area contributed by atoms with Crippen LogP contribution in [0.4, 0.5) is 10.1 Å². The SMILES string of the molecule is C[C@H]1CN(Cc2ccc(N(C)C(=O)c3cccc(Oc4cccc(F)c4)c3)cc2)CCN1. The van der Waals surface area contributed by atoms with Crippen molar-refractivity contribution in [3.8, 4) is 11.5 Å². The maximum Gasteiger partial charge on any atom is 0.258 e. The van der Waals surface area contributed by atoms with Gasteiger partial charge in [-0.1, -0.05) is 24.3 Å². The van der Waals surface area contributed by atoms with Crippen LogP contribution >= 0.6 is 0 Å². The van der Waals surface area contributed by atoms with E-state index in [2.05, 4.69) is 29.3 Å². The van der Waals surface area contributed by atoms with Crippen LogP contribution in [0.2, 0.25) is 0 Å². The molecule has 0 unspecified atom stereocenters. The Morgan fingerprint density at radius 2 is 1.81 bits per heavy atom. The highest BCUT2D eigenvalue weighted by Gasteiger charge is 2.17. The van der Waals surface area contributed by atoms with E-state index >= 15 is 0 Å². The zero-order valence-corrected chi connectivity index (χ0v) is 18.4. The van der Waals surface area contributed by atoms with E-state index in [1.54, 1.807) is 48.3 Å². The molecule has 0 aromatic heterocycles. The van der Waals surface area contributed by atoms with Crippen molar-refractivity contribution in [2.24, 2.45) is 0 Å². The average molecular weight is 434 g/mol.